The summed E-state index contributed by atoms with van der Waals surface area (Å²) < 4.78 is 18.2. The average Bonchev–Trinajstić information content (AvgIpc) is 3.82. The zero-order valence-electron chi connectivity index (χ0n) is 37.9. The Morgan fingerprint density at radius 3 is 2.52 bits per heavy atom. The van der Waals surface area contributed by atoms with Crippen molar-refractivity contribution < 1.29 is 33.7 Å². The van der Waals surface area contributed by atoms with Crippen LogP contribution in [0.3, 0.4) is 0 Å². The second-order valence-electron chi connectivity index (χ2n) is 17.6. The van der Waals surface area contributed by atoms with Crippen molar-refractivity contribution >= 4 is 40.4 Å². The fourth-order valence-corrected chi connectivity index (χ4v) is 9.59. The number of likely N-dealkylation sites (tertiary alicyclic amines) is 1. The minimum atomic E-state index is -0.291. The Hall–Kier alpha value is -5.02. The number of hydrogen-bond donors (Lipinski definition) is 2. The van der Waals surface area contributed by atoms with Crippen molar-refractivity contribution in [2.75, 3.05) is 95.5 Å². The molecule has 3 amide bonds. The number of anilines is 2. The van der Waals surface area contributed by atoms with Gasteiger partial charge in [-0.15, -0.1) is 11.3 Å². The van der Waals surface area contributed by atoms with E-state index >= 15 is 0 Å². The highest BCUT2D eigenvalue weighted by Crippen LogP contribution is 2.39. The van der Waals surface area contributed by atoms with Gasteiger partial charge in [-0.3, -0.25) is 14.4 Å². The smallest absolute Gasteiger partial charge is 0.273 e. The Balaban J connectivity index is 0.829. The second-order valence-corrected chi connectivity index (χ2v) is 18.5. The van der Waals surface area contributed by atoms with E-state index in [2.05, 4.69) is 77.3 Å². The molecular weight excluding hydrogens is 829 g/mol. The molecule has 3 aliphatic heterocycles. The molecule has 344 valence electrons. The van der Waals surface area contributed by atoms with Crippen LogP contribution in [0.4, 0.5) is 11.4 Å². The van der Waals surface area contributed by atoms with Gasteiger partial charge < -0.3 is 44.2 Å². The largest absolute Gasteiger partial charge is 0.506 e. The summed E-state index contributed by atoms with van der Waals surface area (Å²) in [6, 6.07) is 22.4. The summed E-state index contributed by atoms with van der Waals surface area (Å²) in [5.41, 5.74) is 5.10. The number of hydrogen-bond acceptors (Lipinski definition) is 11. The highest BCUT2D eigenvalue weighted by molar-refractivity contribution is 7.09. The number of morpholine rings is 1. The van der Waals surface area contributed by atoms with E-state index in [1.807, 2.05) is 39.4 Å². The number of aromatic hydroxyl groups is 1. The second kappa shape index (κ2) is 22.7. The summed E-state index contributed by atoms with van der Waals surface area (Å²) in [5, 5.41) is 16.0. The van der Waals surface area contributed by atoms with E-state index in [1.54, 1.807) is 17.4 Å². The van der Waals surface area contributed by atoms with Crippen LogP contribution in [0, 0.1) is 0 Å². The summed E-state index contributed by atoms with van der Waals surface area (Å²) in [6.07, 6.45) is 6.46. The number of phenols is 1. The fourth-order valence-electron chi connectivity index (χ4n) is 8.78. The van der Waals surface area contributed by atoms with Crippen molar-refractivity contribution in [3.63, 3.8) is 0 Å². The first kappa shape index (κ1) is 47.0. The molecule has 13 nitrogen and oxygen atoms in total. The van der Waals surface area contributed by atoms with Crippen molar-refractivity contribution in [1.29, 1.82) is 0 Å². The zero-order chi connectivity index (χ0) is 44.9. The van der Waals surface area contributed by atoms with Crippen LogP contribution in [-0.2, 0) is 38.3 Å². The molecule has 4 aromatic rings. The van der Waals surface area contributed by atoms with Crippen molar-refractivity contribution in [2.24, 2.45) is 0 Å². The molecule has 2 fully saturated rings. The summed E-state index contributed by atoms with van der Waals surface area (Å²) in [7, 11) is 0. The van der Waals surface area contributed by atoms with Crippen molar-refractivity contribution in [3.8, 4) is 11.5 Å². The molecule has 1 aromatic heterocycles. The van der Waals surface area contributed by atoms with Crippen LogP contribution in [0.1, 0.15) is 91.0 Å². The molecular formula is C50H66N6O7S. The third-order valence-corrected chi connectivity index (χ3v) is 13.8. The van der Waals surface area contributed by atoms with Crippen LogP contribution in [-0.4, -0.2) is 133 Å². The Bertz CT molecular complexity index is 2160. The molecule has 2 N–H and O–H groups in total. The van der Waals surface area contributed by atoms with Gasteiger partial charge in [0.25, 0.3) is 11.8 Å². The molecule has 64 heavy (non-hydrogen) atoms. The van der Waals surface area contributed by atoms with E-state index in [0.717, 1.165) is 74.4 Å². The maximum Gasteiger partial charge on any atom is 0.273 e. The number of para-hydroxylation sites is 1. The van der Waals surface area contributed by atoms with Gasteiger partial charge in [0.15, 0.2) is 12.4 Å². The lowest BCUT2D eigenvalue weighted by molar-refractivity contribution is -0.132. The van der Waals surface area contributed by atoms with Gasteiger partial charge in [0.2, 0.25) is 5.91 Å². The Morgan fingerprint density at radius 2 is 1.75 bits per heavy atom. The predicted octanol–water partition coefficient (Wildman–Crippen LogP) is 7.18. The predicted molar refractivity (Wildman–Crippen MR) is 252 cm³/mol. The highest BCUT2D eigenvalue weighted by Gasteiger charge is 2.41. The Morgan fingerprint density at radius 1 is 0.953 bits per heavy atom. The van der Waals surface area contributed by atoms with E-state index < -0.39 is 0 Å². The van der Waals surface area contributed by atoms with E-state index in [-0.39, 0.29) is 35.7 Å². The molecule has 0 atom stereocenters. The number of nitrogens with one attached hydrogen (secondary N) is 1. The number of nitrogens with zero attached hydrogens (tertiary/aromatic N) is 5. The van der Waals surface area contributed by atoms with Crippen molar-refractivity contribution in [1.82, 2.24) is 19.7 Å². The zero-order valence-corrected chi connectivity index (χ0v) is 38.7. The van der Waals surface area contributed by atoms with E-state index in [9.17, 15) is 19.5 Å². The molecule has 0 bridgehead atoms. The number of fused-ring (bicyclic) bond motifs is 1. The van der Waals surface area contributed by atoms with Crippen LogP contribution in [0.2, 0.25) is 0 Å². The summed E-state index contributed by atoms with van der Waals surface area (Å²) in [4.78, 5) is 52.2. The minimum absolute atomic E-state index is 0.0167. The standard InChI is InChI=1S/C50H66N6O7S/c1-4-5-22-55(28-27-54(41-12-7-6-8-13-41)24-17-40-14-15-43(57)46-47(40)62-34-44(58)52-46)45(59)19-31-61-30-18-39-11-9-10-38(33-39)16-23-53-25-20-50(21-26-53)36-56(29-32-63-50)49(60)42-35-64-48(51-42)37(2)3/h6-15,33,35,37,57H,4-5,16-32,34,36H2,1-3H3,(H,52,58). The third-order valence-electron chi connectivity index (χ3n) is 12.6. The number of benzene rings is 3. The Labute approximate surface area is 382 Å². The molecule has 0 saturated carbocycles. The van der Waals surface area contributed by atoms with Gasteiger partial charge in [-0.25, -0.2) is 4.98 Å². The number of carbonyl (C=O) groups excluding carboxylic acids is 3. The number of phenolic OH excluding ortho intramolecular Hbond substituents is 1. The van der Waals surface area contributed by atoms with Gasteiger partial charge in [-0.05, 0) is 73.4 Å². The molecule has 1 spiro atoms. The van der Waals surface area contributed by atoms with Gasteiger partial charge in [0, 0.05) is 69.3 Å². The monoisotopic (exact) mass is 894 g/mol. The molecule has 14 heteroatoms. The summed E-state index contributed by atoms with van der Waals surface area (Å²) in [6.45, 7) is 14.5. The highest BCUT2D eigenvalue weighted by atomic mass is 32.1. The van der Waals surface area contributed by atoms with Crippen molar-refractivity contribution in [3.05, 3.63) is 99.5 Å². The lowest BCUT2D eigenvalue weighted by Gasteiger charge is -2.47. The van der Waals surface area contributed by atoms with E-state index in [1.165, 1.54) is 11.1 Å². The fraction of sp³-hybridized carbons (Fsp3) is 0.520. The van der Waals surface area contributed by atoms with Crippen LogP contribution in [0.15, 0.2) is 72.1 Å². The lowest BCUT2D eigenvalue weighted by atomic mass is 9.89. The van der Waals surface area contributed by atoms with Gasteiger partial charge >= 0.3 is 0 Å². The topological polar surface area (TPSA) is 137 Å². The van der Waals surface area contributed by atoms with Gasteiger partial charge in [0.1, 0.15) is 17.1 Å². The summed E-state index contributed by atoms with van der Waals surface area (Å²) >= 11 is 1.57. The molecule has 3 aliphatic rings. The average molecular weight is 895 g/mol. The first-order valence-corrected chi connectivity index (χ1v) is 24.1. The maximum absolute atomic E-state index is 13.6. The number of ether oxygens (including phenoxy) is 3. The number of rotatable bonds is 21. The molecule has 4 heterocycles. The van der Waals surface area contributed by atoms with Gasteiger partial charge in [-0.2, -0.15) is 0 Å². The number of unbranched alkanes of at least 4 members (excludes halogenated alkanes) is 1. The Kier molecular flexibility index (Phi) is 16.7. The lowest BCUT2D eigenvalue weighted by Crippen LogP contribution is -2.58. The number of aromatic nitrogens is 1. The molecule has 0 radical (unpaired) electrons. The van der Waals surface area contributed by atoms with Crippen LogP contribution in [0.25, 0.3) is 0 Å². The first-order valence-electron chi connectivity index (χ1n) is 23.2. The first-order chi connectivity index (χ1) is 31.1. The van der Waals surface area contributed by atoms with Crippen LogP contribution < -0.4 is 15.0 Å². The van der Waals surface area contributed by atoms with Crippen LogP contribution in [0.5, 0.6) is 11.5 Å². The molecule has 7 rings (SSSR count). The SMILES string of the molecule is CCCCN(CCN(CCc1ccc(O)c2c1OCC(=O)N2)c1ccccc1)C(=O)CCOCCc1cccc(CCN2CCC3(CC2)CN(C(=O)c2csc(C(C)C)n2)CCO3)c1. The third kappa shape index (κ3) is 12.6. The number of amides is 3. The van der Waals surface area contributed by atoms with Gasteiger partial charge in [0.05, 0.1) is 43.4 Å². The normalized spacial score (nSPS) is 16.1. The molecule has 3 aromatic carbocycles. The van der Waals surface area contributed by atoms with Crippen LogP contribution >= 0.6 is 11.3 Å². The molecule has 2 saturated heterocycles. The van der Waals surface area contributed by atoms with Gasteiger partial charge in [-0.1, -0.05) is 75.7 Å². The molecule has 0 unspecified atom stereocenters. The van der Waals surface area contributed by atoms with Crippen molar-refractivity contribution in [2.45, 2.75) is 83.7 Å². The number of carbonyl (C=O) groups is 3. The summed E-state index contributed by atoms with van der Waals surface area (Å²) in [5.74, 6) is 0.637. The molecule has 0 aliphatic carbocycles. The van der Waals surface area contributed by atoms with E-state index in [4.69, 9.17) is 14.2 Å². The van der Waals surface area contributed by atoms with E-state index in [0.29, 0.717) is 95.0 Å². The maximum atomic E-state index is 13.6. The minimum Gasteiger partial charge on any atom is -0.506 e. The quantitative estimate of drug-likeness (QED) is 0.0654. The number of piperidine rings is 1. The number of thiazole rings is 1.